The predicted octanol–water partition coefficient (Wildman–Crippen LogP) is 4.82. The molecule has 4 nitrogen and oxygen atoms in total. The van der Waals surface area contributed by atoms with Crippen molar-refractivity contribution >= 4 is 34.2 Å². The Bertz CT molecular complexity index is 959. The van der Waals surface area contributed by atoms with E-state index in [4.69, 9.17) is 16.0 Å². The molecule has 24 heavy (non-hydrogen) atoms. The van der Waals surface area contributed by atoms with Gasteiger partial charge in [-0.15, -0.1) is 0 Å². The zero-order valence-electron chi connectivity index (χ0n) is 13.3. The van der Waals surface area contributed by atoms with Crippen molar-refractivity contribution in [3.05, 3.63) is 75.1 Å². The number of amides is 1. The highest BCUT2D eigenvalue weighted by Crippen LogP contribution is 2.20. The number of carbonyl (C=O) groups excluding carboxylic acids is 1. The number of carbonyl (C=O) groups is 1. The third kappa shape index (κ3) is 3.34. The molecule has 0 aliphatic rings. The smallest absolute Gasteiger partial charge is 0.349 e. The predicted molar refractivity (Wildman–Crippen MR) is 96.0 cm³/mol. The second-order valence-electron chi connectivity index (χ2n) is 5.86. The Kier molecular flexibility index (Phi) is 4.40. The molecule has 1 amide bonds. The van der Waals surface area contributed by atoms with Crippen LogP contribution in [0.1, 0.15) is 35.7 Å². The van der Waals surface area contributed by atoms with Crippen LogP contribution in [0.3, 0.4) is 0 Å². The lowest BCUT2D eigenvalue weighted by atomic mass is 10.0. The van der Waals surface area contributed by atoms with Crippen molar-refractivity contribution in [2.45, 2.75) is 19.8 Å². The van der Waals surface area contributed by atoms with E-state index in [2.05, 4.69) is 19.2 Å². The van der Waals surface area contributed by atoms with Gasteiger partial charge in [0.1, 0.15) is 11.1 Å². The van der Waals surface area contributed by atoms with Crippen LogP contribution in [0.15, 0.2) is 57.7 Å². The Balaban J connectivity index is 1.90. The first kappa shape index (κ1) is 16.3. The van der Waals surface area contributed by atoms with Gasteiger partial charge in [0.15, 0.2) is 0 Å². The molecule has 0 bridgehead atoms. The molecule has 122 valence electrons. The van der Waals surface area contributed by atoms with E-state index in [-0.39, 0.29) is 5.56 Å². The highest BCUT2D eigenvalue weighted by molar-refractivity contribution is 6.31. The van der Waals surface area contributed by atoms with Crippen LogP contribution in [-0.2, 0) is 0 Å². The zero-order valence-corrected chi connectivity index (χ0v) is 14.1. The van der Waals surface area contributed by atoms with Crippen molar-refractivity contribution in [3.8, 4) is 0 Å². The van der Waals surface area contributed by atoms with E-state index in [1.54, 1.807) is 18.2 Å². The minimum Gasteiger partial charge on any atom is -0.422 e. The lowest BCUT2D eigenvalue weighted by molar-refractivity contribution is 0.102. The fourth-order valence-corrected chi connectivity index (χ4v) is 2.58. The van der Waals surface area contributed by atoms with Gasteiger partial charge in [0.25, 0.3) is 5.91 Å². The van der Waals surface area contributed by atoms with Gasteiger partial charge in [0.2, 0.25) is 0 Å². The first-order valence-corrected chi connectivity index (χ1v) is 7.96. The number of rotatable bonds is 3. The summed E-state index contributed by atoms with van der Waals surface area (Å²) < 4.78 is 5.18. The Hall–Kier alpha value is -2.59. The standard InChI is InChI=1S/C19H16ClNO3/c1-11(2)12-3-6-15(7-4-12)21-18(22)16-10-13-9-14(20)5-8-17(13)24-19(16)23/h3-11H,1-2H3,(H,21,22). The molecule has 0 atom stereocenters. The van der Waals surface area contributed by atoms with Gasteiger partial charge in [-0.1, -0.05) is 37.6 Å². The van der Waals surface area contributed by atoms with Crippen LogP contribution >= 0.6 is 11.6 Å². The van der Waals surface area contributed by atoms with Crippen molar-refractivity contribution < 1.29 is 9.21 Å². The normalized spacial score (nSPS) is 11.0. The maximum atomic E-state index is 12.4. The van der Waals surface area contributed by atoms with Gasteiger partial charge in [-0.25, -0.2) is 4.79 Å². The molecular formula is C19H16ClNO3. The van der Waals surface area contributed by atoms with E-state index in [0.29, 0.717) is 27.6 Å². The van der Waals surface area contributed by atoms with Crippen LogP contribution < -0.4 is 10.9 Å². The summed E-state index contributed by atoms with van der Waals surface area (Å²) >= 11 is 5.94. The summed E-state index contributed by atoms with van der Waals surface area (Å²) in [6, 6.07) is 13.9. The van der Waals surface area contributed by atoms with E-state index in [9.17, 15) is 9.59 Å². The minimum atomic E-state index is -0.680. The van der Waals surface area contributed by atoms with Crippen LogP contribution in [0, 0.1) is 0 Å². The molecule has 0 saturated carbocycles. The number of anilines is 1. The molecular weight excluding hydrogens is 326 g/mol. The van der Waals surface area contributed by atoms with Gasteiger partial charge >= 0.3 is 5.63 Å². The topological polar surface area (TPSA) is 59.3 Å². The molecule has 1 heterocycles. The second-order valence-corrected chi connectivity index (χ2v) is 6.30. The molecule has 5 heteroatoms. The third-order valence-electron chi connectivity index (χ3n) is 3.77. The monoisotopic (exact) mass is 341 g/mol. The molecule has 2 aromatic carbocycles. The summed E-state index contributed by atoms with van der Waals surface area (Å²) in [6.45, 7) is 4.19. The lowest BCUT2D eigenvalue weighted by Crippen LogP contribution is -2.20. The van der Waals surface area contributed by atoms with Gasteiger partial charge in [-0.2, -0.15) is 0 Å². The SMILES string of the molecule is CC(C)c1ccc(NC(=O)c2cc3cc(Cl)ccc3oc2=O)cc1. The molecule has 0 aliphatic heterocycles. The number of benzene rings is 2. The van der Waals surface area contributed by atoms with Crippen LogP contribution in [0.25, 0.3) is 11.0 Å². The second kappa shape index (κ2) is 6.49. The fraction of sp³-hybridized carbons (Fsp3) is 0.158. The van der Waals surface area contributed by atoms with Crippen LogP contribution in [0.2, 0.25) is 5.02 Å². The number of hydrogen-bond donors (Lipinski definition) is 1. The van der Waals surface area contributed by atoms with E-state index in [0.717, 1.165) is 0 Å². The number of halogens is 1. The van der Waals surface area contributed by atoms with E-state index in [1.165, 1.54) is 11.6 Å². The van der Waals surface area contributed by atoms with Gasteiger partial charge < -0.3 is 9.73 Å². The first-order valence-electron chi connectivity index (χ1n) is 7.59. The minimum absolute atomic E-state index is 0.0577. The van der Waals surface area contributed by atoms with Crippen LogP contribution in [0.4, 0.5) is 5.69 Å². The summed E-state index contributed by atoms with van der Waals surface area (Å²) in [7, 11) is 0. The Labute approximate surface area is 144 Å². The van der Waals surface area contributed by atoms with Crippen molar-refractivity contribution in [1.82, 2.24) is 0 Å². The molecule has 0 fully saturated rings. The van der Waals surface area contributed by atoms with E-state index < -0.39 is 11.5 Å². The molecule has 1 N–H and O–H groups in total. The molecule has 0 aliphatic carbocycles. The van der Waals surface area contributed by atoms with E-state index in [1.807, 2.05) is 24.3 Å². The quantitative estimate of drug-likeness (QED) is 0.694. The molecule has 3 rings (SSSR count). The number of fused-ring (bicyclic) bond motifs is 1. The fourth-order valence-electron chi connectivity index (χ4n) is 2.40. The molecule has 3 aromatic rings. The van der Waals surface area contributed by atoms with Crippen LogP contribution in [-0.4, -0.2) is 5.91 Å². The zero-order chi connectivity index (χ0) is 17.3. The average Bonchev–Trinajstić information content (AvgIpc) is 2.55. The third-order valence-corrected chi connectivity index (χ3v) is 4.01. The summed E-state index contributed by atoms with van der Waals surface area (Å²) in [5.41, 5.74) is 1.45. The lowest BCUT2D eigenvalue weighted by Gasteiger charge is -2.08. The largest absolute Gasteiger partial charge is 0.422 e. The summed E-state index contributed by atoms with van der Waals surface area (Å²) in [5.74, 6) is -0.102. The van der Waals surface area contributed by atoms with Gasteiger partial charge in [0, 0.05) is 16.1 Å². The summed E-state index contributed by atoms with van der Waals surface area (Å²) in [5, 5.41) is 3.82. The highest BCUT2D eigenvalue weighted by atomic mass is 35.5. The first-order chi connectivity index (χ1) is 11.4. The molecule has 0 saturated heterocycles. The maximum absolute atomic E-state index is 12.4. The molecule has 1 aromatic heterocycles. The van der Waals surface area contributed by atoms with Crippen molar-refractivity contribution in [2.24, 2.45) is 0 Å². The maximum Gasteiger partial charge on any atom is 0.349 e. The van der Waals surface area contributed by atoms with E-state index >= 15 is 0 Å². The van der Waals surface area contributed by atoms with Crippen molar-refractivity contribution in [1.29, 1.82) is 0 Å². The Morgan fingerprint density at radius 1 is 1.08 bits per heavy atom. The van der Waals surface area contributed by atoms with Gasteiger partial charge in [-0.05, 0) is 47.9 Å². The highest BCUT2D eigenvalue weighted by Gasteiger charge is 2.14. The average molecular weight is 342 g/mol. The Morgan fingerprint density at radius 2 is 1.79 bits per heavy atom. The number of hydrogen-bond acceptors (Lipinski definition) is 3. The summed E-state index contributed by atoms with van der Waals surface area (Å²) in [4.78, 5) is 24.4. The number of nitrogens with one attached hydrogen (secondary N) is 1. The molecule has 0 spiro atoms. The Morgan fingerprint density at radius 3 is 2.46 bits per heavy atom. The molecule has 0 unspecified atom stereocenters. The van der Waals surface area contributed by atoms with Crippen LogP contribution in [0.5, 0.6) is 0 Å². The van der Waals surface area contributed by atoms with Gasteiger partial charge in [-0.3, -0.25) is 4.79 Å². The summed E-state index contributed by atoms with van der Waals surface area (Å²) in [6.07, 6.45) is 0. The van der Waals surface area contributed by atoms with Crippen molar-refractivity contribution in [2.75, 3.05) is 5.32 Å². The van der Waals surface area contributed by atoms with Crippen molar-refractivity contribution in [3.63, 3.8) is 0 Å². The van der Waals surface area contributed by atoms with Gasteiger partial charge in [0.05, 0.1) is 0 Å². The molecule has 0 radical (unpaired) electrons.